The zero-order valence-corrected chi connectivity index (χ0v) is 18.8. The standard InChI is InChI=1S/C18H24BrFN4O4S/c1-18(2,3)28-17(26)23-29-24-8-6-11(7-9-24)15(25)16(22-27)21-12-4-5-14(20)13(19)10-12/h4-5,10-11,27H,6-9H2,1-3H3,(H,21,22)(H,23,26). The summed E-state index contributed by atoms with van der Waals surface area (Å²) in [5.41, 5.74) is 1.61. The largest absolute Gasteiger partial charge is 0.443 e. The molecule has 0 spiro atoms. The number of rotatable bonds is 5. The van der Waals surface area contributed by atoms with Gasteiger partial charge in [0.25, 0.3) is 0 Å². The van der Waals surface area contributed by atoms with Gasteiger partial charge in [-0.15, -0.1) is 0 Å². The minimum Gasteiger partial charge on any atom is -0.443 e. The summed E-state index contributed by atoms with van der Waals surface area (Å²) in [4.78, 5) is 28.5. The number of amides is 1. The number of hydrogen-bond donors (Lipinski definition) is 3. The van der Waals surface area contributed by atoms with E-state index in [1.54, 1.807) is 20.8 Å². The maximum absolute atomic E-state index is 13.3. The number of aliphatic imine (C=N–C) groups is 1. The van der Waals surface area contributed by atoms with E-state index in [-0.39, 0.29) is 22.0 Å². The van der Waals surface area contributed by atoms with E-state index >= 15 is 0 Å². The van der Waals surface area contributed by atoms with Gasteiger partial charge < -0.3 is 4.74 Å². The Labute approximate surface area is 181 Å². The quantitative estimate of drug-likeness (QED) is 0.248. The first kappa shape index (κ1) is 23.6. The minimum atomic E-state index is -0.572. The van der Waals surface area contributed by atoms with Gasteiger partial charge in [0, 0.05) is 31.1 Å². The van der Waals surface area contributed by atoms with Crippen LogP contribution in [0.25, 0.3) is 0 Å². The second-order valence-electron chi connectivity index (χ2n) is 7.43. The zero-order valence-electron chi connectivity index (χ0n) is 16.4. The Hall–Kier alpha value is -1.69. The predicted octanol–water partition coefficient (Wildman–Crippen LogP) is 3.97. The van der Waals surface area contributed by atoms with Crippen molar-refractivity contribution in [1.29, 1.82) is 0 Å². The van der Waals surface area contributed by atoms with Crippen LogP contribution in [0.1, 0.15) is 33.6 Å². The molecule has 0 aromatic heterocycles. The van der Waals surface area contributed by atoms with Crippen molar-refractivity contribution in [1.82, 2.24) is 14.5 Å². The number of ether oxygens (including phenoxy) is 1. The van der Waals surface area contributed by atoms with Crippen LogP contribution < -0.4 is 10.2 Å². The third-order valence-corrected chi connectivity index (χ3v) is 5.45. The second-order valence-corrected chi connectivity index (χ2v) is 9.19. The third kappa shape index (κ3) is 7.57. The van der Waals surface area contributed by atoms with Crippen LogP contribution in [0.4, 0.5) is 14.9 Å². The molecule has 1 amide bonds. The molecule has 0 unspecified atom stereocenters. The Balaban J connectivity index is 1.88. The molecule has 0 aliphatic carbocycles. The fourth-order valence-corrected chi connectivity index (χ4v) is 3.63. The van der Waals surface area contributed by atoms with Gasteiger partial charge in [0.05, 0.1) is 10.2 Å². The molecule has 1 aromatic rings. The van der Waals surface area contributed by atoms with Gasteiger partial charge in [-0.1, -0.05) is 0 Å². The molecular formula is C18H24BrFN4O4S. The summed E-state index contributed by atoms with van der Waals surface area (Å²) in [6.45, 7) is 6.49. The number of carbonyl (C=O) groups is 2. The molecule has 11 heteroatoms. The van der Waals surface area contributed by atoms with Gasteiger partial charge in [-0.05, 0) is 67.7 Å². The van der Waals surface area contributed by atoms with Crippen molar-refractivity contribution in [3.8, 4) is 0 Å². The lowest BCUT2D eigenvalue weighted by Crippen LogP contribution is -2.40. The average molecular weight is 491 g/mol. The van der Waals surface area contributed by atoms with Crippen molar-refractivity contribution in [2.45, 2.75) is 39.2 Å². The highest BCUT2D eigenvalue weighted by Gasteiger charge is 2.29. The van der Waals surface area contributed by atoms with E-state index in [0.29, 0.717) is 31.6 Å². The molecule has 0 bridgehead atoms. The van der Waals surface area contributed by atoms with Gasteiger partial charge in [-0.2, -0.15) is 0 Å². The Morgan fingerprint density at radius 3 is 2.55 bits per heavy atom. The van der Waals surface area contributed by atoms with E-state index in [0.717, 1.165) is 12.1 Å². The Bertz CT molecular complexity index is 780. The van der Waals surface area contributed by atoms with Gasteiger partial charge in [0.15, 0.2) is 5.84 Å². The monoisotopic (exact) mass is 490 g/mol. The molecule has 0 atom stereocenters. The molecule has 8 nitrogen and oxygen atoms in total. The topological polar surface area (TPSA) is 103 Å². The van der Waals surface area contributed by atoms with Crippen LogP contribution in [-0.4, -0.2) is 45.9 Å². The van der Waals surface area contributed by atoms with Crippen LogP contribution in [0, 0.1) is 11.7 Å². The number of benzene rings is 1. The molecule has 1 fully saturated rings. The van der Waals surface area contributed by atoms with Crippen molar-refractivity contribution < 1.29 is 23.9 Å². The van der Waals surface area contributed by atoms with Crippen molar-refractivity contribution in [3.05, 3.63) is 28.5 Å². The fourth-order valence-electron chi connectivity index (χ4n) is 2.62. The molecule has 1 aliphatic heterocycles. The minimum absolute atomic E-state index is 0.193. The van der Waals surface area contributed by atoms with E-state index in [1.807, 2.05) is 9.79 Å². The zero-order chi connectivity index (χ0) is 21.6. The van der Waals surface area contributed by atoms with Crippen LogP contribution in [-0.2, 0) is 9.53 Å². The number of halogens is 2. The highest BCUT2D eigenvalue weighted by molar-refractivity contribution is 9.10. The summed E-state index contributed by atoms with van der Waals surface area (Å²) >= 11 is 4.20. The van der Waals surface area contributed by atoms with Gasteiger partial charge in [-0.3, -0.25) is 14.7 Å². The normalized spacial score (nSPS) is 16.4. The number of amidine groups is 1. The summed E-state index contributed by atoms with van der Waals surface area (Å²) in [5.74, 6) is -1.28. The first-order valence-corrected chi connectivity index (χ1v) is 10.5. The molecule has 0 saturated carbocycles. The molecule has 160 valence electrons. The van der Waals surface area contributed by atoms with Crippen molar-refractivity contribution in [3.63, 3.8) is 0 Å². The van der Waals surface area contributed by atoms with E-state index < -0.39 is 17.5 Å². The van der Waals surface area contributed by atoms with E-state index in [9.17, 15) is 19.2 Å². The summed E-state index contributed by atoms with van der Waals surface area (Å²) in [5, 5.41) is 9.34. The third-order valence-electron chi connectivity index (χ3n) is 3.97. The van der Waals surface area contributed by atoms with Crippen LogP contribution in [0.15, 0.2) is 27.7 Å². The Morgan fingerprint density at radius 2 is 2.00 bits per heavy atom. The molecule has 2 rings (SSSR count). The van der Waals surface area contributed by atoms with Crippen molar-refractivity contribution in [2.75, 3.05) is 13.1 Å². The van der Waals surface area contributed by atoms with Crippen molar-refractivity contribution >= 4 is 51.5 Å². The van der Waals surface area contributed by atoms with Crippen LogP contribution in [0.3, 0.4) is 0 Å². The first-order valence-electron chi connectivity index (χ1n) is 8.98. The summed E-state index contributed by atoms with van der Waals surface area (Å²) in [6.07, 6.45) is 0.552. The molecule has 1 heterocycles. The Morgan fingerprint density at radius 1 is 1.34 bits per heavy atom. The number of hydroxylamine groups is 1. The highest BCUT2D eigenvalue weighted by Crippen LogP contribution is 2.25. The van der Waals surface area contributed by atoms with E-state index in [2.05, 4.69) is 25.6 Å². The molecule has 3 N–H and O–H groups in total. The van der Waals surface area contributed by atoms with Gasteiger partial charge in [0.1, 0.15) is 11.4 Å². The first-order chi connectivity index (χ1) is 13.6. The molecular weight excluding hydrogens is 467 g/mol. The number of Topliss-reactive ketones (excluding diaryl/α,β-unsaturated/α-hetero) is 1. The van der Waals surface area contributed by atoms with Crippen molar-refractivity contribution in [2.24, 2.45) is 10.9 Å². The summed E-state index contributed by atoms with van der Waals surface area (Å²) in [7, 11) is 0. The molecule has 1 saturated heterocycles. The number of piperidine rings is 1. The van der Waals surface area contributed by atoms with Crippen LogP contribution >= 0.6 is 28.1 Å². The Kier molecular flexibility index (Phi) is 8.44. The van der Waals surface area contributed by atoms with Crippen LogP contribution in [0.5, 0.6) is 0 Å². The molecule has 29 heavy (non-hydrogen) atoms. The molecule has 1 aromatic carbocycles. The summed E-state index contributed by atoms with van der Waals surface area (Å²) < 4.78 is 23.3. The van der Waals surface area contributed by atoms with E-state index in [1.165, 1.54) is 18.2 Å². The maximum Gasteiger partial charge on any atom is 0.418 e. The maximum atomic E-state index is 13.3. The molecule has 1 aliphatic rings. The lowest BCUT2D eigenvalue weighted by atomic mass is 9.93. The van der Waals surface area contributed by atoms with Gasteiger partial charge in [0.2, 0.25) is 5.78 Å². The molecule has 0 radical (unpaired) electrons. The highest BCUT2D eigenvalue weighted by atomic mass is 79.9. The number of ketones is 1. The predicted molar refractivity (Wildman–Crippen MR) is 112 cm³/mol. The fraction of sp³-hybridized carbons (Fsp3) is 0.500. The van der Waals surface area contributed by atoms with Gasteiger partial charge >= 0.3 is 6.09 Å². The summed E-state index contributed by atoms with van der Waals surface area (Å²) in [6, 6.07) is 4.05. The van der Waals surface area contributed by atoms with E-state index in [4.69, 9.17) is 4.74 Å². The van der Waals surface area contributed by atoms with Crippen LogP contribution in [0.2, 0.25) is 0 Å². The smallest absolute Gasteiger partial charge is 0.418 e. The van der Waals surface area contributed by atoms with Gasteiger partial charge in [-0.25, -0.2) is 24.0 Å². The number of carbonyl (C=O) groups excluding carboxylic acids is 2. The number of nitrogens with zero attached hydrogens (tertiary/aromatic N) is 2. The SMILES string of the molecule is CC(C)(C)OC(=O)NSN1CCC(C(=O)C(=Nc2ccc(F)c(Br)c2)NO)CC1. The number of hydrogen-bond acceptors (Lipinski definition) is 7. The second kappa shape index (κ2) is 10.4. The lowest BCUT2D eigenvalue weighted by molar-refractivity contribution is -0.118. The average Bonchev–Trinajstić information content (AvgIpc) is 2.66. The lowest BCUT2D eigenvalue weighted by Gasteiger charge is -2.30. The number of nitrogens with one attached hydrogen (secondary N) is 2.